The standard InChI is InChI=1S/C11H20F3N3O/c1-16(2)10(18)8-5-3-4-6-17(8)9(7-15)11(12,13)14/h8-9H,3-7,15H2,1-2H3. The number of carbonyl (C=O) groups is 1. The van der Waals surface area contributed by atoms with Gasteiger partial charge in [-0.1, -0.05) is 6.42 Å². The van der Waals surface area contributed by atoms with Crippen LogP contribution in [0.1, 0.15) is 19.3 Å². The van der Waals surface area contributed by atoms with Crippen molar-refractivity contribution < 1.29 is 18.0 Å². The van der Waals surface area contributed by atoms with Crippen molar-refractivity contribution in [1.82, 2.24) is 9.80 Å². The highest BCUT2D eigenvalue weighted by Gasteiger charge is 2.47. The number of halogens is 3. The molecule has 2 unspecified atom stereocenters. The molecular formula is C11H20F3N3O. The van der Waals surface area contributed by atoms with Crippen LogP contribution in [0, 0.1) is 0 Å². The molecule has 18 heavy (non-hydrogen) atoms. The second-order valence-corrected chi connectivity index (χ2v) is 4.78. The fraction of sp³-hybridized carbons (Fsp3) is 0.909. The van der Waals surface area contributed by atoms with Gasteiger partial charge < -0.3 is 10.6 Å². The Hall–Kier alpha value is -0.820. The van der Waals surface area contributed by atoms with Crippen molar-refractivity contribution >= 4 is 5.91 Å². The van der Waals surface area contributed by atoms with Crippen molar-refractivity contribution in [2.45, 2.75) is 37.5 Å². The number of piperidine rings is 1. The molecule has 0 aromatic carbocycles. The number of nitrogens with zero attached hydrogens (tertiary/aromatic N) is 2. The van der Waals surface area contributed by atoms with Gasteiger partial charge in [-0.15, -0.1) is 0 Å². The van der Waals surface area contributed by atoms with E-state index in [0.717, 1.165) is 6.42 Å². The molecule has 0 saturated carbocycles. The highest BCUT2D eigenvalue weighted by molar-refractivity contribution is 5.81. The smallest absolute Gasteiger partial charge is 0.347 e. The number of rotatable bonds is 3. The second-order valence-electron chi connectivity index (χ2n) is 4.78. The summed E-state index contributed by atoms with van der Waals surface area (Å²) in [5.74, 6) is -0.280. The minimum absolute atomic E-state index is 0.269. The molecule has 0 bridgehead atoms. The van der Waals surface area contributed by atoms with Gasteiger partial charge in [0.1, 0.15) is 6.04 Å². The van der Waals surface area contributed by atoms with Crippen LogP contribution in [0.5, 0.6) is 0 Å². The fourth-order valence-corrected chi connectivity index (χ4v) is 2.35. The molecule has 1 aliphatic rings. The van der Waals surface area contributed by atoms with E-state index >= 15 is 0 Å². The molecule has 0 aromatic heterocycles. The third-order valence-electron chi connectivity index (χ3n) is 3.27. The van der Waals surface area contributed by atoms with Gasteiger partial charge >= 0.3 is 6.18 Å². The summed E-state index contributed by atoms with van der Waals surface area (Å²) >= 11 is 0. The van der Waals surface area contributed by atoms with Gasteiger partial charge in [0.05, 0.1) is 6.04 Å². The van der Waals surface area contributed by atoms with Gasteiger partial charge in [-0.3, -0.25) is 9.69 Å². The molecule has 0 radical (unpaired) electrons. The lowest BCUT2D eigenvalue weighted by Gasteiger charge is -2.41. The van der Waals surface area contributed by atoms with Crippen LogP contribution < -0.4 is 5.73 Å². The number of likely N-dealkylation sites (tertiary alicyclic amines) is 1. The third kappa shape index (κ3) is 3.35. The zero-order chi connectivity index (χ0) is 13.9. The maximum Gasteiger partial charge on any atom is 0.405 e. The molecule has 1 fully saturated rings. The predicted molar refractivity (Wildman–Crippen MR) is 61.9 cm³/mol. The first-order valence-corrected chi connectivity index (χ1v) is 6.02. The first-order valence-electron chi connectivity index (χ1n) is 6.02. The van der Waals surface area contributed by atoms with E-state index in [9.17, 15) is 18.0 Å². The Labute approximate surface area is 105 Å². The molecule has 106 valence electrons. The number of hydrogen-bond donors (Lipinski definition) is 1. The van der Waals surface area contributed by atoms with E-state index in [1.165, 1.54) is 9.80 Å². The topological polar surface area (TPSA) is 49.6 Å². The number of carbonyl (C=O) groups excluding carboxylic acids is 1. The molecule has 2 N–H and O–H groups in total. The zero-order valence-electron chi connectivity index (χ0n) is 10.7. The Balaban J connectivity index is 2.91. The van der Waals surface area contributed by atoms with Crippen LogP contribution in [0.4, 0.5) is 13.2 Å². The maximum absolute atomic E-state index is 12.9. The van der Waals surface area contributed by atoms with Crippen LogP contribution in [0.25, 0.3) is 0 Å². The Morgan fingerprint density at radius 3 is 2.50 bits per heavy atom. The molecule has 1 heterocycles. The van der Waals surface area contributed by atoms with E-state index in [1.54, 1.807) is 14.1 Å². The molecule has 1 rings (SSSR count). The minimum atomic E-state index is -4.39. The lowest BCUT2D eigenvalue weighted by molar-refractivity contribution is -0.192. The fourth-order valence-electron chi connectivity index (χ4n) is 2.35. The highest BCUT2D eigenvalue weighted by atomic mass is 19.4. The molecule has 2 atom stereocenters. The number of hydrogen-bond acceptors (Lipinski definition) is 3. The van der Waals surface area contributed by atoms with Gasteiger partial charge in [-0.2, -0.15) is 13.2 Å². The molecule has 0 aliphatic carbocycles. The van der Waals surface area contributed by atoms with Crippen LogP contribution in [-0.4, -0.2) is 61.2 Å². The Morgan fingerprint density at radius 2 is 2.06 bits per heavy atom. The normalized spacial score (nSPS) is 23.8. The summed E-state index contributed by atoms with van der Waals surface area (Å²) in [6.07, 6.45) is -2.49. The lowest BCUT2D eigenvalue weighted by atomic mass is 9.98. The number of nitrogens with two attached hydrogens (primary N) is 1. The van der Waals surface area contributed by atoms with Gasteiger partial charge in [0, 0.05) is 20.6 Å². The summed E-state index contributed by atoms with van der Waals surface area (Å²) in [6.45, 7) is -0.244. The Morgan fingerprint density at radius 1 is 1.44 bits per heavy atom. The number of amides is 1. The van der Waals surface area contributed by atoms with Crippen molar-refractivity contribution in [1.29, 1.82) is 0 Å². The van der Waals surface area contributed by atoms with Crippen LogP contribution in [-0.2, 0) is 4.79 Å². The summed E-state index contributed by atoms with van der Waals surface area (Å²) < 4.78 is 38.7. The van der Waals surface area contributed by atoms with Gasteiger partial charge in [-0.25, -0.2) is 0 Å². The summed E-state index contributed by atoms with van der Waals surface area (Å²) in [7, 11) is 3.11. The van der Waals surface area contributed by atoms with Crippen LogP contribution in [0.2, 0.25) is 0 Å². The van der Waals surface area contributed by atoms with Crippen LogP contribution in [0.3, 0.4) is 0 Å². The van der Waals surface area contributed by atoms with Gasteiger partial charge in [-0.05, 0) is 19.4 Å². The summed E-state index contributed by atoms with van der Waals surface area (Å²) in [5.41, 5.74) is 5.24. The Kier molecular flexibility index (Phi) is 4.98. The average molecular weight is 267 g/mol. The van der Waals surface area contributed by atoms with Crippen molar-refractivity contribution in [3.8, 4) is 0 Å². The van der Waals surface area contributed by atoms with Gasteiger partial charge in [0.15, 0.2) is 0 Å². The molecule has 1 amide bonds. The van der Waals surface area contributed by atoms with E-state index in [-0.39, 0.29) is 12.5 Å². The van der Waals surface area contributed by atoms with E-state index in [1.807, 2.05) is 0 Å². The quantitative estimate of drug-likeness (QED) is 0.823. The second kappa shape index (κ2) is 5.88. The summed E-state index contributed by atoms with van der Waals surface area (Å²) in [4.78, 5) is 14.5. The van der Waals surface area contributed by atoms with E-state index in [4.69, 9.17) is 5.73 Å². The average Bonchev–Trinajstić information content (AvgIpc) is 2.27. The van der Waals surface area contributed by atoms with Crippen molar-refractivity contribution in [2.24, 2.45) is 5.73 Å². The molecule has 4 nitrogen and oxygen atoms in total. The van der Waals surface area contributed by atoms with Crippen molar-refractivity contribution in [3.63, 3.8) is 0 Å². The monoisotopic (exact) mass is 267 g/mol. The molecule has 0 spiro atoms. The highest BCUT2D eigenvalue weighted by Crippen LogP contribution is 2.30. The number of alkyl halides is 3. The summed E-state index contributed by atoms with van der Waals surface area (Å²) in [5, 5.41) is 0. The van der Waals surface area contributed by atoms with E-state index < -0.39 is 24.8 Å². The van der Waals surface area contributed by atoms with Crippen molar-refractivity contribution in [3.05, 3.63) is 0 Å². The van der Waals surface area contributed by atoms with Gasteiger partial charge in [0.25, 0.3) is 0 Å². The van der Waals surface area contributed by atoms with Crippen molar-refractivity contribution in [2.75, 3.05) is 27.2 Å². The van der Waals surface area contributed by atoms with E-state index in [2.05, 4.69) is 0 Å². The minimum Gasteiger partial charge on any atom is -0.347 e. The first-order chi connectivity index (χ1) is 8.29. The summed E-state index contributed by atoms with van der Waals surface area (Å²) in [6, 6.07) is -2.43. The predicted octanol–water partition coefficient (Wildman–Crippen LogP) is 0.819. The maximum atomic E-state index is 12.9. The van der Waals surface area contributed by atoms with Gasteiger partial charge in [0.2, 0.25) is 5.91 Å². The SMILES string of the molecule is CN(C)C(=O)C1CCCCN1C(CN)C(F)(F)F. The first kappa shape index (κ1) is 15.2. The molecule has 0 aromatic rings. The molecule has 1 saturated heterocycles. The van der Waals surface area contributed by atoms with E-state index in [0.29, 0.717) is 12.8 Å². The molecule has 1 aliphatic heterocycles. The zero-order valence-corrected chi connectivity index (χ0v) is 10.7. The Bertz CT molecular complexity index is 294. The molecular weight excluding hydrogens is 247 g/mol. The third-order valence-corrected chi connectivity index (χ3v) is 3.27. The van der Waals surface area contributed by atoms with Crippen LogP contribution in [0.15, 0.2) is 0 Å². The lowest BCUT2D eigenvalue weighted by Crippen LogP contribution is -2.59. The molecule has 7 heteroatoms. The largest absolute Gasteiger partial charge is 0.405 e. The number of likely N-dealkylation sites (N-methyl/N-ethyl adjacent to an activating group) is 1. The van der Waals surface area contributed by atoms with Crippen LogP contribution >= 0.6 is 0 Å².